The maximum Gasteiger partial charge on any atom is 0.281 e. The van der Waals surface area contributed by atoms with Crippen LogP contribution in [0.2, 0.25) is 0 Å². The molecule has 43 heavy (non-hydrogen) atoms. The van der Waals surface area contributed by atoms with Crippen molar-refractivity contribution in [2.24, 2.45) is 5.10 Å². The summed E-state index contributed by atoms with van der Waals surface area (Å²) in [6.07, 6.45) is 4.56. The number of fused-ring (bicyclic) bond motifs is 1. The first-order valence-electron chi connectivity index (χ1n) is 14.0. The van der Waals surface area contributed by atoms with Gasteiger partial charge in [-0.05, 0) is 85.2 Å². The minimum atomic E-state index is -0.455. The molecule has 2 aromatic heterocycles. The highest BCUT2D eigenvalue weighted by Gasteiger charge is 2.18. The Labute approximate surface area is 257 Å². The van der Waals surface area contributed by atoms with Crippen molar-refractivity contribution in [3.8, 4) is 16.2 Å². The van der Waals surface area contributed by atoms with Gasteiger partial charge < -0.3 is 20.8 Å². The number of amides is 3. The lowest BCUT2D eigenvalue weighted by Crippen LogP contribution is -2.26. The number of nitrogens with zero attached hydrogens (tertiary/aromatic N) is 1. The molecule has 2 heterocycles. The van der Waals surface area contributed by atoms with Gasteiger partial charge in [0.1, 0.15) is 5.75 Å². The molecule has 3 amide bonds. The molecule has 0 radical (unpaired) electrons. The molecule has 5 N–H and O–H groups in total. The predicted molar refractivity (Wildman–Crippen MR) is 169 cm³/mol. The number of hydrazone groups is 1. The van der Waals surface area contributed by atoms with Crippen LogP contribution in [-0.4, -0.2) is 46.8 Å². The van der Waals surface area contributed by atoms with E-state index in [-0.39, 0.29) is 37.3 Å². The van der Waals surface area contributed by atoms with Crippen LogP contribution in [0.1, 0.15) is 71.7 Å². The molecule has 9 nitrogen and oxygen atoms in total. The summed E-state index contributed by atoms with van der Waals surface area (Å²) < 4.78 is 0. The number of aliphatic hydroxyl groups is 1. The Balaban J connectivity index is 1.16. The number of aromatic hydroxyl groups is 1. The van der Waals surface area contributed by atoms with Gasteiger partial charge in [0.05, 0.1) is 32.5 Å². The van der Waals surface area contributed by atoms with Crippen molar-refractivity contribution in [2.75, 3.05) is 13.2 Å². The molecule has 5 rings (SSSR count). The smallest absolute Gasteiger partial charge is 0.281 e. The van der Waals surface area contributed by atoms with Crippen LogP contribution in [0.5, 0.6) is 5.75 Å². The molecule has 0 saturated heterocycles. The first-order valence-corrected chi connectivity index (χ1v) is 15.7. The summed E-state index contributed by atoms with van der Waals surface area (Å²) in [5.41, 5.74) is 8.52. The molecule has 0 aliphatic heterocycles. The third-order valence-corrected chi connectivity index (χ3v) is 9.31. The molecule has 0 atom stereocenters. The van der Waals surface area contributed by atoms with Crippen molar-refractivity contribution in [3.63, 3.8) is 0 Å². The highest BCUT2D eigenvalue weighted by Crippen LogP contribution is 2.40. The fourth-order valence-electron chi connectivity index (χ4n) is 4.83. The molecule has 0 bridgehead atoms. The summed E-state index contributed by atoms with van der Waals surface area (Å²) in [6, 6.07) is 16.3. The fraction of sp³-hybridized carbons (Fsp3) is 0.250. The highest BCUT2D eigenvalue weighted by atomic mass is 32.1. The second-order valence-corrected chi connectivity index (χ2v) is 12.1. The lowest BCUT2D eigenvalue weighted by Gasteiger charge is -2.16. The molecule has 1 aliphatic rings. The number of hydrogen-bond acceptors (Lipinski definition) is 8. The van der Waals surface area contributed by atoms with Crippen LogP contribution in [0.15, 0.2) is 65.1 Å². The summed E-state index contributed by atoms with van der Waals surface area (Å²) in [4.78, 5) is 38.8. The van der Waals surface area contributed by atoms with Crippen LogP contribution in [0.25, 0.3) is 10.4 Å². The maximum absolute atomic E-state index is 12.8. The number of aliphatic hydroxyl groups excluding tert-OH is 1. The topological polar surface area (TPSA) is 140 Å². The number of rotatable bonds is 10. The van der Waals surface area contributed by atoms with Crippen molar-refractivity contribution >= 4 is 46.1 Å². The summed E-state index contributed by atoms with van der Waals surface area (Å²) in [5, 5.41) is 31.2. The number of carbonyl (C=O) groups is 3. The van der Waals surface area contributed by atoms with E-state index in [0.717, 1.165) is 40.2 Å². The Morgan fingerprint density at radius 3 is 2.35 bits per heavy atom. The number of thiophene rings is 2. The monoisotopic (exact) mass is 616 g/mol. The molecule has 222 valence electrons. The second kappa shape index (κ2) is 13.8. The van der Waals surface area contributed by atoms with Gasteiger partial charge in [0.2, 0.25) is 0 Å². The van der Waals surface area contributed by atoms with Crippen LogP contribution in [0.4, 0.5) is 0 Å². The zero-order valence-electron chi connectivity index (χ0n) is 23.6. The van der Waals surface area contributed by atoms with E-state index in [2.05, 4.69) is 39.4 Å². The van der Waals surface area contributed by atoms with E-state index >= 15 is 0 Å². The van der Waals surface area contributed by atoms with Crippen LogP contribution < -0.4 is 16.1 Å². The van der Waals surface area contributed by atoms with Crippen LogP contribution >= 0.6 is 22.7 Å². The largest absolute Gasteiger partial charge is 0.506 e. The average molecular weight is 617 g/mol. The number of benzene rings is 2. The molecule has 11 heteroatoms. The molecular weight excluding hydrogens is 585 g/mol. The molecule has 1 aliphatic carbocycles. The van der Waals surface area contributed by atoms with Gasteiger partial charge in [0.15, 0.2) is 0 Å². The van der Waals surface area contributed by atoms with Gasteiger partial charge in [0.25, 0.3) is 17.7 Å². The maximum atomic E-state index is 12.8. The Kier molecular flexibility index (Phi) is 9.65. The summed E-state index contributed by atoms with van der Waals surface area (Å²) in [5.74, 6) is -0.920. The summed E-state index contributed by atoms with van der Waals surface area (Å²) in [6.45, 7) is 2.02. The fourth-order valence-corrected chi connectivity index (χ4v) is 6.65. The first kappa shape index (κ1) is 30.1. The van der Waals surface area contributed by atoms with Crippen molar-refractivity contribution in [1.29, 1.82) is 0 Å². The third kappa shape index (κ3) is 7.19. The minimum absolute atomic E-state index is 0.133. The molecule has 0 unspecified atom stereocenters. The minimum Gasteiger partial charge on any atom is -0.506 e. The van der Waals surface area contributed by atoms with Crippen LogP contribution in [0, 0.1) is 0 Å². The SMILES string of the molecule is C/C(=N/NC(=O)c1ccc(C(=O)NCc2ccc(C(=O)NCCO)cc2)s1)c1csc(-c2ccc3c(c2)CCCC3)c1O. The predicted octanol–water partition coefficient (Wildman–Crippen LogP) is 4.87. The van der Waals surface area contributed by atoms with E-state index in [1.165, 1.54) is 35.3 Å². The zero-order chi connectivity index (χ0) is 30.3. The quantitative estimate of drug-likeness (QED) is 0.128. The van der Waals surface area contributed by atoms with E-state index < -0.39 is 5.91 Å². The number of hydrogen-bond donors (Lipinski definition) is 5. The van der Waals surface area contributed by atoms with E-state index in [9.17, 15) is 19.5 Å². The van der Waals surface area contributed by atoms with Gasteiger partial charge in [-0.3, -0.25) is 14.4 Å². The molecular formula is C32H32N4O5S2. The Morgan fingerprint density at radius 1 is 0.884 bits per heavy atom. The van der Waals surface area contributed by atoms with Gasteiger partial charge in [0, 0.05) is 24.0 Å². The highest BCUT2D eigenvalue weighted by molar-refractivity contribution is 7.16. The normalized spacial score (nSPS) is 12.8. The van der Waals surface area contributed by atoms with Crippen molar-refractivity contribution < 1.29 is 24.6 Å². The van der Waals surface area contributed by atoms with Crippen molar-refractivity contribution in [3.05, 3.63) is 97.5 Å². The Bertz CT molecular complexity index is 1670. The molecule has 0 saturated carbocycles. The van der Waals surface area contributed by atoms with Crippen molar-refractivity contribution in [2.45, 2.75) is 39.2 Å². The van der Waals surface area contributed by atoms with Crippen molar-refractivity contribution in [1.82, 2.24) is 16.1 Å². The molecule has 0 fully saturated rings. The standard InChI is InChI=1S/C32H32N4O5S2/c1-19(25-18-42-29(28(25)38)24-11-10-21-4-2-3-5-23(21)16-24)35-36-32(41)27-13-12-26(43-27)31(40)34-17-20-6-8-22(9-7-20)30(39)33-14-15-37/h6-13,16,18,37-38H,2-5,14-15,17H2,1H3,(H,33,39)(H,34,40)(H,36,41)/b35-19-. The summed E-state index contributed by atoms with van der Waals surface area (Å²) in [7, 11) is 0. The number of nitrogens with one attached hydrogen (secondary N) is 3. The lowest BCUT2D eigenvalue weighted by atomic mass is 9.90. The number of carbonyl (C=O) groups excluding carboxylic acids is 3. The second-order valence-electron chi connectivity index (χ2n) is 10.2. The van der Waals surface area contributed by atoms with Gasteiger partial charge in [-0.1, -0.05) is 24.3 Å². The van der Waals surface area contributed by atoms with Gasteiger partial charge in [-0.15, -0.1) is 22.7 Å². The van der Waals surface area contributed by atoms with E-state index in [0.29, 0.717) is 26.6 Å². The Morgan fingerprint density at radius 2 is 1.60 bits per heavy atom. The van der Waals surface area contributed by atoms with Gasteiger partial charge in [-0.2, -0.15) is 5.10 Å². The van der Waals surface area contributed by atoms with E-state index in [1.54, 1.807) is 43.3 Å². The molecule has 4 aromatic rings. The van der Waals surface area contributed by atoms with Crippen LogP contribution in [-0.2, 0) is 19.4 Å². The van der Waals surface area contributed by atoms with Gasteiger partial charge in [-0.25, -0.2) is 5.43 Å². The third-order valence-electron chi connectivity index (χ3n) is 7.21. The Hall–Kier alpha value is -4.32. The van der Waals surface area contributed by atoms with Gasteiger partial charge >= 0.3 is 0 Å². The first-order chi connectivity index (χ1) is 20.8. The average Bonchev–Trinajstić information content (AvgIpc) is 3.69. The van der Waals surface area contributed by atoms with Crippen LogP contribution in [0.3, 0.4) is 0 Å². The molecule has 0 spiro atoms. The summed E-state index contributed by atoms with van der Waals surface area (Å²) >= 11 is 2.49. The number of aryl methyl sites for hydroxylation is 2. The zero-order valence-corrected chi connectivity index (χ0v) is 25.2. The molecule has 2 aromatic carbocycles. The lowest BCUT2D eigenvalue weighted by molar-refractivity contribution is 0.0939. The van der Waals surface area contributed by atoms with E-state index in [1.807, 2.05) is 5.38 Å². The van der Waals surface area contributed by atoms with E-state index in [4.69, 9.17) is 5.11 Å².